The summed E-state index contributed by atoms with van der Waals surface area (Å²) in [6.07, 6.45) is 4.89. The Hall–Kier alpha value is -1.32. The number of hydrogen-bond acceptors (Lipinski definition) is 2. The van der Waals surface area contributed by atoms with Crippen LogP contribution >= 0.6 is 0 Å². The lowest BCUT2D eigenvalue weighted by atomic mass is 9.88. The van der Waals surface area contributed by atoms with Gasteiger partial charge in [-0.2, -0.15) is 5.10 Å². The monoisotopic (exact) mass is 261 g/mol. The van der Waals surface area contributed by atoms with Gasteiger partial charge in [0.15, 0.2) is 5.82 Å². The lowest BCUT2D eigenvalue weighted by molar-refractivity contribution is -0.121. The highest BCUT2D eigenvalue weighted by atomic mass is 16.2. The Balaban J connectivity index is 1.65. The first-order valence-electron chi connectivity index (χ1n) is 7.30. The van der Waals surface area contributed by atoms with Gasteiger partial charge in [0.05, 0.1) is 0 Å². The van der Waals surface area contributed by atoms with Crippen LogP contribution in [0.3, 0.4) is 0 Å². The van der Waals surface area contributed by atoms with Crippen LogP contribution in [0.15, 0.2) is 6.07 Å². The van der Waals surface area contributed by atoms with Crippen LogP contribution in [0.1, 0.15) is 52.1 Å². The fraction of sp³-hybridized carbons (Fsp3) is 0.733. The summed E-state index contributed by atoms with van der Waals surface area (Å²) in [5.41, 5.74) is 1.08. The molecule has 0 saturated heterocycles. The molecule has 1 aromatic rings. The molecule has 1 aromatic heterocycles. The van der Waals surface area contributed by atoms with Crippen molar-refractivity contribution in [2.45, 2.75) is 51.9 Å². The first-order valence-corrected chi connectivity index (χ1v) is 7.30. The predicted octanol–water partition coefficient (Wildman–Crippen LogP) is 3.08. The number of aromatic nitrogens is 2. The normalized spacial score (nSPS) is 29.7. The van der Waals surface area contributed by atoms with Gasteiger partial charge >= 0.3 is 0 Å². The van der Waals surface area contributed by atoms with Gasteiger partial charge in [-0.15, -0.1) is 0 Å². The van der Waals surface area contributed by atoms with E-state index >= 15 is 0 Å². The van der Waals surface area contributed by atoms with Crippen LogP contribution in [0, 0.1) is 17.8 Å². The van der Waals surface area contributed by atoms with E-state index < -0.39 is 0 Å². The smallest absolute Gasteiger partial charge is 0.228 e. The second kappa shape index (κ2) is 4.36. The van der Waals surface area contributed by atoms with Crippen molar-refractivity contribution >= 4 is 11.7 Å². The number of anilines is 1. The van der Waals surface area contributed by atoms with Gasteiger partial charge in [0.25, 0.3) is 0 Å². The van der Waals surface area contributed by atoms with Gasteiger partial charge in [0.1, 0.15) is 0 Å². The molecule has 0 spiro atoms. The molecule has 0 radical (unpaired) electrons. The molecule has 2 saturated carbocycles. The van der Waals surface area contributed by atoms with Crippen molar-refractivity contribution < 1.29 is 4.79 Å². The minimum Gasteiger partial charge on any atom is -0.309 e. The minimum atomic E-state index is 0.0302. The second-order valence-corrected chi connectivity index (χ2v) is 7.19. The molecule has 19 heavy (non-hydrogen) atoms. The third-order valence-corrected chi connectivity index (χ3v) is 4.71. The van der Waals surface area contributed by atoms with Crippen molar-refractivity contribution in [1.82, 2.24) is 10.2 Å². The van der Waals surface area contributed by atoms with E-state index in [4.69, 9.17) is 0 Å². The van der Waals surface area contributed by atoms with E-state index in [2.05, 4.69) is 36.3 Å². The van der Waals surface area contributed by atoms with E-state index in [9.17, 15) is 4.79 Å². The topological polar surface area (TPSA) is 57.8 Å². The SMILES string of the molecule is CC(C)(C)c1cc(NC(=O)C2CC3CCC2C3)n[nH]1. The number of amides is 1. The average Bonchev–Trinajstić information content (AvgIpc) is 3.02. The van der Waals surface area contributed by atoms with Crippen LogP contribution in [0.2, 0.25) is 0 Å². The molecular weight excluding hydrogens is 238 g/mol. The fourth-order valence-corrected chi connectivity index (χ4v) is 3.55. The molecule has 3 unspecified atom stereocenters. The van der Waals surface area contributed by atoms with Gasteiger partial charge < -0.3 is 5.32 Å². The average molecular weight is 261 g/mol. The van der Waals surface area contributed by atoms with Crippen LogP contribution in [-0.4, -0.2) is 16.1 Å². The van der Waals surface area contributed by atoms with Crippen LogP contribution < -0.4 is 5.32 Å². The summed E-state index contributed by atoms with van der Waals surface area (Å²) in [6.45, 7) is 6.38. The maximum Gasteiger partial charge on any atom is 0.228 e. The zero-order valence-corrected chi connectivity index (χ0v) is 12.0. The van der Waals surface area contributed by atoms with E-state index in [1.165, 1.54) is 19.3 Å². The quantitative estimate of drug-likeness (QED) is 0.859. The maximum absolute atomic E-state index is 12.3. The number of nitrogens with one attached hydrogen (secondary N) is 2. The minimum absolute atomic E-state index is 0.0302. The van der Waals surface area contributed by atoms with Crippen molar-refractivity contribution in [2.75, 3.05) is 5.32 Å². The molecule has 0 aromatic carbocycles. The fourth-order valence-electron chi connectivity index (χ4n) is 3.55. The summed E-state index contributed by atoms with van der Waals surface area (Å²) >= 11 is 0. The largest absolute Gasteiger partial charge is 0.309 e. The highest BCUT2D eigenvalue weighted by Gasteiger charge is 2.43. The highest BCUT2D eigenvalue weighted by molar-refractivity contribution is 5.92. The molecule has 4 heteroatoms. The van der Waals surface area contributed by atoms with Crippen molar-refractivity contribution in [3.8, 4) is 0 Å². The van der Waals surface area contributed by atoms with Gasteiger partial charge in [0.2, 0.25) is 5.91 Å². The molecule has 104 valence electrons. The Morgan fingerprint density at radius 3 is 2.68 bits per heavy atom. The Kier molecular flexibility index (Phi) is 2.91. The van der Waals surface area contributed by atoms with Crippen LogP contribution in [0.5, 0.6) is 0 Å². The number of hydrogen-bond donors (Lipinski definition) is 2. The van der Waals surface area contributed by atoms with Crippen LogP contribution in [0.25, 0.3) is 0 Å². The zero-order valence-electron chi connectivity index (χ0n) is 12.0. The molecule has 0 aliphatic heterocycles. The molecule has 2 bridgehead atoms. The molecule has 3 rings (SSSR count). The first kappa shape index (κ1) is 12.7. The van der Waals surface area contributed by atoms with Crippen LogP contribution in [0.4, 0.5) is 5.82 Å². The van der Waals surface area contributed by atoms with Gasteiger partial charge in [-0.05, 0) is 31.1 Å². The summed E-state index contributed by atoms with van der Waals surface area (Å²) in [5, 5.41) is 10.2. The molecule has 1 heterocycles. The molecule has 1 amide bonds. The van der Waals surface area contributed by atoms with Crippen molar-refractivity contribution in [3.05, 3.63) is 11.8 Å². The number of nitrogens with zero attached hydrogens (tertiary/aromatic N) is 1. The first-order chi connectivity index (χ1) is 8.93. The number of fused-ring (bicyclic) bond motifs is 2. The van der Waals surface area contributed by atoms with Gasteiger partial charge in [0, 0.05) is 23.1 Å². The van der Waals surface area contributed by atoms with Gasteiger partial charge in [-0.3, -0.25) is 9.89 Å². The molecule has 2 fully saturated rings. The lowest BCUT2D eigenvalue weighted by Crippen LogP contribution is -2.27. The number of aromatic amines is 1. The zero-order chi connectivity index (χ0) is 13.6. The van der Waals surface area contributed by atoms with E-state index in [0.29, 0.717) is 11.7 Å². The van der Waals surface area contributed by atoms with Crippen molar-refractivity contribution in [2.24, 2.45) is 17.8 Å². The maximum atomic E-state index is 12.3. The Bertz CT molecular complexity index is 486. The molecule has 2 aliphatic carbocycles. The van der Waals surface area contributed by atoms with Crippen molar-refractivity contribution in [1.29, 1.82) is 0 Å². The van der Waals surface area contributed by atoms with E-state index in [1.807, 2.05) is 6.07 Å². The van der Waals surface area contributed by atoms with E-state index in [0.717, 1.165) is 18.0 Å². The number of carbonyl (C=O) groups excluding carboxylic acids is 1. The molecule has 2 aliphatic rings. The second-order valence-electron chi connectivity index (χ2n) is 7.19. The van der Waals surface area contributed by atoms with Gasteiger partial charge in [-0.25, -0.2) is 0 Å². The number of carbonyl (C=O) groups is 1. The van der Waals surface area contributed by atoms with Crippen molar-refractivity contribution in [3.63, 3.8) is 0 Å². The van der Waals surface area contributed by atoms with E-state index in [1.54, 1.807) is 0 Å². The Morgan fingerprint density at radius 2 is 2.16 bits per heavy atom. The summed E-state index contributed by atoms with van der Waals surface area (Å²) in [6, 6.07) is 1.95. The van der Waals surface area contributed by atoms with Gasteiger partial charge in [-0.1, -0.05) is 27.2 Å². The lowest BCUT2D eigenvalue weighted by Gasteiger charge is -2.20. The number of H-pyrrole nitrogens is 1. The van der Waals surface area contributed by atoms with Crippen LogP contribution in [-0.2, 0) is 10.2 Å². The summed E-state index contributed by atoms with van der Waals surface area (Å²) in [4.78, 5) is 12.3. The summed E-state index contributed by atoms with van der Waals surface area (Å²) in [5.74, 6) is 2.46. The Labute approximate surface area is 114 Å². The number of rotatable bonds is 2. The third-order valence-electron chi connectivity index (χ3n) is 4.71. The molecule has 3 atom stereocenters. The highest BCUT2D eigenvalue weighted by Crippen LogP contribution is 2.48. The molecule has 2 N–H and O–H groups in total. The summed E-state index contributed by atoms with van der Waals surface area (Å²) < 4.78 is 0. The molecular formula is C15H23N3O. The molecule has 4 nitrogen and oxygen atoms in total. The third kappa shape index (κ3) is 2.40. The summed E-state index contributed by atoms with van der Waals surface area (Å²) in [7, 11) is 0. The predicted molar refractivity (Wildman–Crippen MR) is 74.9 cm³/mol. The standard InChI is InChI=1S/C15H23N3O/c1-15(2,3)12-8-13(18-17-12)16-14(19)11-7-9-4-5-10(11)6-9/h8-11H,4-7H2,1-3H3,(H2,16,17,18,19). The Morgan fingerprint density at radius 1 is 1.37 bits per heavy atom. The van der Waals surface area contributed by atoms with E-state index in [-0.39, 0.29) is 17.2 Å².